The van der Waals surface area contributed by atoms with Crippen molar-refractivity contribution in [3.05, 3.63) is 23.8 Å². The summed E-state index contributed by atoms with van der Waals surface area (Å²) in [6.45, 7) is 0. The molecule has 0 unspecified atom stereocenters. The van der Waals surface area contributed by atoms with Gasteiger partial charge in [0.1, 0.15) is 11.5 Å². The van der Waals surface area contributed by atoms with Gasteiger partial charge in [0.25, 0.3) is 0 Å². The van der Waals surface area contributed by atoms with Gasteiger partial charge < -0.3 is 10.2 Å². The van der Waals surface area contributed by atoms with Crippen molar-refractivity contribution < 1.29 is 10.2 Å². The molecular weight excluding hydrogens is 188 g/mol. The summed E-state index contributed by atoms with van der Waals surface area (Å²) >= 11 is 0. The van der Waals surface area contributed by atoms with Crippen molar-refractivity contribution in [1.82, 2.24) is 0 Å². The molecule has 0 heterocycles. The summed E-state index contributed by atoms with van der Waals surface area (Å²) in [5.74, 6) is 1.11. The summed E-state index contributed by atoms with van der Waals surface area (Å²) in [6, 6.07) is 4.98. The second-order valence-electron chi connectivity index (χ2n) is 4.48. The van der Waals surface area contributed by atoms with Gasteiger partial charge in [-0.2, -0.15) is 0 Å². The molecule has 0 atom stereocenters. The van der Waals surface area contributed by atoms with Crippen LogP contribution in [0.3, 0.4) is 0 Å². The van der Waals surface area contributed by atoms with Gasteiger partial charge >= 0.3 is 0 Å². The highest BCUT2D eigenvalue weighted by Gasteiger charge is 2.17. The highest BCUT2D eigenvalue weighted by atomic mass is 16.3. The fourth-order valence-electron chi connectivity index (χ4n) is 2.45. The fraction of sp³-hybridized carbons (Fsp3) is 0.538. The van der Waals surface area contributed by atoms with E-state index in [2.05, 4.69) is 0 Å². The summed E-state index contributed by atoms with van der Waals surface area (Å²) < 4.78 is 0. The van der Waals surface area contributed by atoms with Crippen LogP contribution in [-0.4, -0.2) is 10.2 Å². The van der Waals surface area contributed by atoms with Crippen LogP contribution in [0.25, 0.3) is 0 Å². The Morgan fingerprint density at radius 3 is 2.20 bits per heavy atom. The van der Waals surface area contributed by atoms with Crippen molar-refractivity contribution in [3.8, 4) is 11.5 Å². The van der Waals surface area contributed by atoms with Gasteiger partial charge in [0, 0.05) is 5.56 Å². The topological polar surface area (TPSA) is 40.5 Å². The van der Waals surface area contributed by atoms with Gasteiger partial charge in [0.05, 0.1) is 0 Å². The van der Waals surface area contributed by atoms with Crippen molar-refractivity contribution in [2.45, 2.75) is 38.5 Å². The van der Waals surface area contributed by atoms with Crippen LogP contribution in [0.4, 0.5) is 0 Å². The minimum Gasteiger partial charge on any atom is -0.508 e. The van der Waals surface area contributed by atoms with Gasteiger partial charge in [-0.1, -0.05) is 38.2 Å². The van der Waals surface area contributed by atoms with E-state index < -0.39 is 0 Å². The van der Waals surface area contributed by atoms with Crippen LogP contribution in [-0.2, 0) is 6.42 Å². The Bertz CT molecular complexity index is 307. The van der Waals surface area contributed by atoms with Crippen LogP contribution in [0.1, 0.15) is 37.7 Å². The fourth-order valence-corrected chi connectivity index (χ4v) is 2.45. The number of hydrogen-bond donors (Lipinski definition) is 2. The summed E-state index contributed by atoms with van der Waals surface area (Å²) in [4.78, 5) is 0. The van der Waals surface area contributed by atoms with E-state index in [4.69, 9.17) is 0 Å². The molecule has 2 nitrogen and oxygen atoms in total. The number of hydrogen-bond acceptors (Lipinski definition) is 2. The first-order valence-electron chi connectivity index (χ1n) is 5.77. The first kappa shape index (κ1) is 10.3. The summed E-state index contributed by atoms with van der Waals surface area (Å²) in [5.41, 5.74) is 0.726. The monoisotopic (exact) mass is 206 g/mol. The largest absolute Gasteiger partial charge is 0.508 e. The van der Waals surface area contributed by atoms with Crippen molar-refractivity contribution in [2.24, 2.45) is 5.92 Å². The lowest BCUT2D eigenvalue weighted by Crippen LogP contribution is -2.09. The number of phenols is 2. The molecule has 0 spiro atoms. The molecule has 2 heteroatoms. The number of benzene rings is 1. The molecule has 0 radical (unpaired) electrons. The maximum Gasteiger partial charge on any atom is 0.122 e. The van der Waals surface area contributed by atoms with Crippen molar-refractivity contribution in [1.29, 1.82) is 0 Å². The third kappa shape index (κ3) is 2.44. The van der Waals surface area contributed by atoms with E-state index in [1.807, 2.05) is 0 Å². The van der Waals surface area contributed by atoms with Gasteiger partial charge in [0.15, 0.2) is 0 Å². The maximum atomic E-state index is 9.66. The molecule has 1 aliphatic carbocycles. The Kier molecular flexibility index (Phi) is 3.14. The third-order valence-electron chi connectivity index (χ3n) is 3.34. The van der Waals surface area contributed by atoms with Gasteiger partial charge in [-0.15, -0.1) is 0 Å². The van der Waals surface area contributed by atoms with Crippen molar-refractivity contribution in [3.63, 3.8) is 0 Å². The highest BCUT2D eigenvalue weighted by Crippen LogP contribution is 2.33. The average Bonchev–Trinajstić information content (AvgIpc) is 2.25. The molecule has 0 saturated heterocycles. The van der Waals surface area contributed by atoms with E-state index in [1.165, 1.54) is 32.1 Å². The lowest BCUT2D eigenvalue weighted by molar-refractivity contribution is 0.345. The predicted molar refractivity (Wildman–Crippen MR) is 60.1 cm³/mol. The van der Waals surface area contributed by atoms with Crippen molar-refractivity contribution >= 4 is 0 Å². The van der Waals surface area contributed by atoms with Gasteiger partial charge in [-0.05, 0) is 24.5 Å². The SMILES string of the molecule is Oc1cccc(O)c1CC1CCCCC1. The standard InChI is InChI=1S/C13H18O2/c14-12-7-4-8-13(15)11(12)9-10-5-2-1-3-6-10/h4,7-8,10,14-15H,1-3,5-6,9H2. The minimum atomic E-state index is 0.237. The Morgan fingerprint density at radius 2 is 1.60 bits per heavy atom. The molecule has 1 saturated carbocycles. The number of phenolic OH excluding ortho intramolecular Hbond substituents is 2. The molecule has 15 heavy (non-hydrogen) atoms. The zero-order valence-electron chi connectivity index (χ0n) is 8.95. The molecule has 1 aromatic rings. The number of aromatic hydroxyl groups is 2. The lowest BCUT2D eigenvalue weighted by Gasteiger charge is -2.22. The lowest BCUT2D eigenvalue weighted by atomic mass is 9.84. The zero-order valence-corrected chi connectivity index (χ0v) is 8.95. The second kappa shape index (κ2) is 4.56. The van der Waals surface area contributed by atoms with E-state index >= 15 is 0 Å². The zero-order chi connectivity index (χ0) is 10.7. The average molecular weight is 206 g/mol. The predicted octanol–water partition coefficient (Wildman–Crippen LogP) is 3.22. The Hall–Kier alpha value is -1.18. The van der Waals surface area contributed by atoms with Crippen LogP contribution >= 0.6 is 0 Å². The van der Waals surface area contributed by atoms with E-state index in [0.717, 1.165) is 12.0 Å². The molecule has 1 fully saturated rings. The van der Waals surface area contributed by atoms with E-state index in [9.17, 15) is 10.2 Å². The van der Waals surface area contributed by atoms with Crippen LogP contribution in [0.5, 0.6) is 11.5 Å². The molecule has 82 valence electrons. The van der Waals surface area contributed by atoms with Gasteiger partial charge in [-0.25, -0.2) is 0 Å². The summed E-state index contributed by atoms with van der Waals surface area (Å²) in [6.07, 6.45) is 7.20. The normalized spacial score (nSPS) is 17.9. The van der Waals surface area contributed by atoms with Crippen LogP contribution in [0.2, 0.25) is 0 Å². The summed E-state index contributed by atoms with van der Waals surface area (Å²) in [7, 11) is 0. The summed E-state index contributed by atoms with van der Waals surface area (Å²) in [5, 5.41) is 19.3. The van der Waals surface area contributed by atoms with Crippen LogP contribution < -0.4 is 0 Å². The Morgan fingerprint density at radius 1 is 1.00 bits per heavy atom. The van der Waals surface area contributed by atoms with Crippen LogP contribution in [0, 0.1) is 5.92 Å². The Balaban J connectivity index is 2.09. The quantitative estimate of drug-likeness (QED) is 0.780. The number of rotatable bonds is 2. The Labute approximate surface area is 90.6 Å². The first-order chi connectivity index (χ1) is 7.27. The third-order valence-corrected chi connectivity index (χ3v) is 3.34. The molecule has 0 bridgehead atoms. The van der Waals surface area contributed by atoms with E-state index in [0.29, 0.717) is 5.92 Å². The minimum absolute atomic E-state index is 0.237. The van der Waals surface area contributed by atoms with E-state index in [1.54, 1.807) is 18.2 Å². The molecule has 1 aromatic carbocycles. The molecule has 2 N–H and O–H groups in total. The second-order valence-corrected chi connectivity index (χ2v) is 4.48. The smallest absolute Gasteiger partial charge is 0.122 e. The van der Waals surface area contributed by atoms with Gasteiger partial charge in [-0.3, -0.25) is 0 Å². The van der Waals surface area contributed by atoms with Crippen molar-refractivity contribution in [2.75, 3.05) is 0 Å². The molecule has 0 aromatic heterocycles. The van der Waals surface area contributed by atoms with Crippen LogP contribution in [0.15, 0.2) is 18.2 Å². The van der Waals surface area contributed by atoms with E-state index in [-0.39, 0.29) is 11.5 Å². The molecular formula is C13H18O2. The molecule has 0 aliphatic heterocycles. The molecule has 1 aliphatic rings. The van der Waals surface area contributed by atoms with Gasteiger partial charge in [0.2, 0.25) is 0 Å². The molecule has 2 rings (SSSR count). The maximum absolute atomic E-state index is 9.66. The first-order valence-corrected chi connectivity index (χ1v) is 5.77. The molecule has 0 amide bonds. The highest BCUT2D eigenvalue weighted by molar-refractivity contribution is 5.43.